The van der Waals surface area contributed by atoms with Gasteiger partial charge in [-0.1, -0.05) is 89.4 Å². The topological polar surface area (TPSA) is 8.17 Å². The first-order chi connectivity index (χ1) is 14.7. The number of hydrogen-bond donors (Lipinski definition) is 0. The lowest BCUT2D eigenvalue weighted by Gasteiger charge is -2.21. The van der Waals surface area contributed by atoms with Crippen LogP contribution in [0.1, 0.15) is 33.3 Å². The summed E-state index contributed by atoms with van der Waals surface area (Å²) in [5, 5.41) is 2.54. The Kier molecular flexibility index (Phi) is 8.49. The Morgan fingerprint density at radius 3 is 2.40 bits per heavy atom. The van der Waals surface area contributed by atoms with Crippen LogP contribution in [-0.2, 0) is 6.54 Å². The number of fused-ring (bicyclic) bond motifs is 4. The molecule has 0 radical (unpaired) electrons. The number of rotatable bonds is 3. The molecule has 0 aliphatic carbocycles. The van der Waals surface area contributed by atoms with Crippen molar-refractivity contribution in [2.24, 2.45) is 0 Å². The molecule has 2 aromatic carbocycles. The number of nitrogens with zero attached hydrogens (tertiary/aromatic N) is 2. The molecular weight excluding hydrogens is 364 g/mol. The first kappa shape index (κ1) is 23.0. The summed E-state index contributed by atoms with van der Waals surface area (Å²) in [6.45, 7) is 16.9. The number of aromatic nitrogens is 1. The first-order valence-corrected chi connectivity index (χ1v) is 10.8. The molecule has 2 nitrogen and oxygen atoms in total. The van der Waals surface area contributed by atoms with Crippen molar-refractivity contribution >= 4 is 33.1 Å². The van der Waals surface area contributed by atoms with Crippen molar-refractivity contribution in [1.29, 1.82) is 0 Å². The van der Waals surface area contributed by atoms with E-state index in [1.165, 1.54) is 27.5 Å². The summed E-state index contributed by atoms with van der Waals surface area (Å²) in [6.07, 6.45) is 14.2. The van der Waals surface area contributed by atoms with Crippen molar-refractivity contribution in [1.82, 2.24) is 4.57 Å². The van der Waals surface area contributed by atoms with Crippen molar-refractivity contribution in [3.8, 4) is 0 Å². The van der Waals surface area contributed by atoms with Gasteiger partial charge in [-0.15, -0.1) is 0 Å². The van der Waals surface area contributed by atoms with Gasteiger partial charge >= 0.3 is 0 Å². The van der Waals surface area contributed by atoms with Crippen LogP contribution in [0.2, 0.25) is 0 Å². The molecule has 1 aliphatic heterocycles. The average Bonchev–Trinajstić information content (AvgIpc) is 3.10. The Morgan fingerprint density at radius 2 is 1.67 bits per heavy atom. The minimum absolute atomic E-state index is 0.812. The Hall–Kier alpha value is -3.26. The molecule has 3 aromatic rings. The van der Waals surface area contributed by atoms with Crippen LogP contribution < -0.4 is 4.90 Å². The van der Waals surface area contributed by atoms with Crippen molar-refractivity contribution in [2.75, 3.05) is 11.9 Å². The van der Waals surface area contributed by atoms with E-state index < -0.39 is 0 Å². The van der Waals surface area contributed by atoms with Crippen LogP contribution in [0.25, 0.3) is 27.4 Å². The summed E-state index contributed by atoms with van der Waals surface area (Å²) < 4.78 is 2.36. The van der Waals surface area contributed by atoms with Crippen LogP contribution in [0.3, 0.4) is 0 Å². The second-order valence-electron chi connectivity index (χ2n) is 6.51. The highest BCUT2D eigenvalue weighted by molar-refractivity contribution is 6.10. The smallest absolute Gasteiger partial charge is 0.0502 e. The van der Waals surface area contributed by atoms with Gasteiger partial charge in [-0.3, -0.25) is 0 Å². The fourth-order valence-corrected chi connectivity index (χ4v) is 3.61. The normalized spacial score (nSPS) is 14.8. The number of allylic oxidation sites excluding steroid dienone is 7. The minimum Gasteiger partial charge on any atom is -0.351 e. The lowest BCUT2D eigenvalue weighted by atomic mass is 10.00. The summed E-state index contributed by atoms with van der Waals surface area (Å²) in [4.78, 5) is 2.16. The SMILES string of the molecule is C=C/C=C\Cn1c2ccccc2c2cc3c(cc21)C(=C)/C=C\C=C/N3C.CC.CC. The zero-order valence-corrected chi connectivity index (χ0v) is 19.0. The average molecular weight is 399 g/mol. The van der Waals surface area contributed by atoms with E-state index >= 15 is 0 Å². The molecule has 0 bridgehead atoms. The van der Waals surface area contributed by atoms with E-state index in [-0.39, 0.29) is 0 Å². The van der Waals surface area contributed by atoms with Gasteiger partial charge in [0.1, 0.15) is 0 Å². The molecule has 0 amide bonds. The van der Waals surface area contributed by atoms with Crippen LogP contribution in [0.5, 0.6) is 0 Å². The number of anilines is 1. The molecule has 0 unspecified atom stereocenters. The molecule has 2 heteroatoms. The monoisotopic (exact) mass is 398 g/mol. The van der Waals surface area contributed by atoms with Crippen LogP contribution >= 0.6 is 0 Å². The molecular formula is C28H34N2. The van der Waals surface area contributed by atoms with Gasteiger partial charge < -0.3 is 9.47 Å². The third-order valence-corrected chi connectivity index (χ3v) is 4.89. The van der Waals surface area contributed by atoms with Gasteiger partial charge in [0.15, 0.2) is 0 Å². The molecule has 2 heterocycles. The molecule has 0 N–H and O–H groups in total. The molecule has 0 atom stereocenters. The number of para-hydroxylation sites is 1. The van der Waals surface area contributed by atoms with Crippen LogP contribution in [0.15, 0.2) is 92.2 Å². The third-order valence-electron chi connectivity index (χ3n) is 4.89. The van der Waals surface area contributed by atoms with Gasteiger partial charge in [0.25, 0.3) is 0 Å². The maximum Gasteiger partial charge on any atom is 0.0502 e. The highest BCUT2D eigenvalue weighted by Gasteiger charge is 2.16. The van der Waals surface area contributed by atoms with E-state index in [4.69, 9.17) is 0 Å². The highest BCUT2D eigenvalue weighted by Crippen LogP contribution is 2.37. The predicted molar refractivity (Wildman–Crippen MR) is 137 cm³/mol. The third kappa shape index (κ3) is 4.49. The van der Waals surface area contributed by atoms with E-state index in [1.807, 2.05) is 52.0 Å². The second kappa shape index (κ2) is 11.1. The number of benzene rings is 2. The summed E-state index contributed by atoms with van der Waals surface area (Å²) in [5.41, 5.74) is 5.83. The van der Waals surface area contributed by atoms with E-state index in [9.17, 15) is 0 Å². The van der Waals surface area contributed by atoms with E-state index in [0.29, 0.717) is 0 Å². The molecule has 0 spiro atoms. The van der Waals surface area contributed by atoms with E-state index in [1.54, 1.807) is 0 Å². The molecule has 0 saturated heterocycles. The maximum absolute atomic E-state index is 4.27. The largest absolute Gasteiger partial charge is 0.351 e. The highest BCUT2D eigenvalue weighted by atomic mass is 15.1. The van der Waals surface area contributed by atoms with Gasteiger partial charge in [0.2, 0.25) is 0 Å². The quantitative estimate of drug-likeness (QED) is 0.404. The molecule has 1 aromatic heterocycles. The van der Waals surface area contributed by atoms with Gasteiger partial charge in [-0.05, 0) is 29.8 Å². The molecule has 156 valence electrons. The Labute approximate surface area is 181 Å². The molecule has 0 saturated carbocycles. The lowest BCUT2D eigenvalue weighted by Crippen LogP contribution is -2.11. The van der Waals surface area contributed by atoms with Gasteiger partial charge in [0, 0.05) is 47.3 Å². The summed E-state index contributed by atoms with van der Waals surface area (Å²) in [6, 6.07) is 13.2. The Morgan fingerprint density at radius 1 is 0.933 bits per heavy atom. The van der Waals surface area contributed by atoms with Crippen LogP contribution in [0, 0.1) is 0 Å². The predicted octanol–water partition coefficient (Wildman–Crippen LogP) is 8.12. The molecule has 4 rings (SSSR count). The van der Waals surface area contributed by atoms with Crippen LogP contribution in [0.4, 0.5) is 5.69 Å². The van der Waals surface area contributed by atoms with Gasteiger partial charge in [-0.2, -0.15) is 0 Å². The molecule has 0 fully saturated rings. The maximum atomic E-state index is 4.27. The van der Waals surface area contributed by atoms with Crippen LogP contribution in [-0.4, -0.2) is 11.6 Å². The van der Waals surface area contributed by atoms with E-state index in [2.05, 4.69) is 84.4 Å². The summed E-state index contributed by atoms with van der Waals surface area (Å²) in [5.74, 6) is 0. The molecule has 1 aliphatic rings. The Bertz CT molecular complexity index is 1110. The number of hydrogen-bond acceptors (Lipinski definition) is 1. The zero-order valence-electron chi connectivity index (χ0n) is 19.0. The van der Waals surface area contributed by atoms with Crippen molar-refractivity contribution in [2.45, 2.75) is 34.2 Å². The summed E-state index contributed by atoms with van der Waals surface area (Å²) >= 11 is 0. The van der Waals surface area contributed by atoms with E-state index in [0.717, 1.165) is 17.7 Å². The van der Waals surface area contributed by atoms with Gasteiger partial charge in [0.05, 0.1) is 5.52 Å². The fourth-order valence-electron chi connectivity index (χ4n) is 3.61. The second-order valence-corrected chi connectivity index (χ2v) is 6.51. The minimum atomic E-state index is 0.812. The standard InChI is InChI=1S/C24H22N2.2C2H6/c1-4-5-9-15-26-22-13-7-6-12-19(22)21-17-23-20(16-24(21)26)18(2)11-8-10-14-25(23)3;2*1-2/h4-14,16-17H,1-2,15H2,3H3;2*1-2H3/b9-5-,11-8-,14-10-;;. The zero-order chi connectivity index (χ0) is 22.1. The fraction of sp³-hybridized carbons (Fsp3) is 0.214. The first-order valence-electron chi connectivity index (χ1n) is 10.8. The van der Waals surface area contributed by atoms with Crippen molar-refractivity contribution in [3.05, 3.63) is 97.8 Å². The molecule has 30 heavy (non-hydrogen) atoms. The van der Waals surface area contributed by atoms with Gasteiger partial charge in [-0.25, -0.2) is 0 Å². The summed E-state index contributed by atoms with van der Waals surface area (Å²) in [7, 11) is 2.08. The van der Waals surface area contributed by atoms with Crippen molar-refractivity contribution < 1.29 is 0 Å². The lowest BCUT2D eigenvalue weighted by molar-refractivity contribution is 0.899. The Balaban J connectivity index is 0.000000757. The van der Waals surface area contributed by atoms with Crippen molar-refractivity contribution in [3.63, 3.8) is 0 Å².